The fourth-order valence-corrected chi connectivity index (χ4v) is 10.6. The van der Waals surface area contributed by atoms with Crippen LogP contribution in [-0.2, 0) is 33.3 Å². The quantitative estimate of drug-likeness (QED) is 0.0609. The van der Waals surface area contributed by atoms with Gasteiger partial charge in [0, 0.05) is 80.6 Å². The topological polar surface area (TPSA) is 326 Å². The van der Waals surface area contributed by atoms with Crippen molar-refractivity contribution in [3.8, 4) is 17.2 Å². The highest BCUT2D eigenvalue weighted by atomic mass is 35.5. The minimum atomic E-state index is -1.14. The Labute approximate surface area is 522 Å². The number of likely N-dealkylation sites (tertiary alicyclic amines) is 3. The number of pyridine rings is 2. The molecule has 1 aliphatic carbocycles. The zero-order valence-electron chi connectivity index (χ0n) is 51.5. The van der Waals surface area contributed by atoms with Gasteiger partial charge in [-0.1, -0.05) is 109 Å². The summed E-state index contributed by atoms with van der Waals surface area (Å²) in [6.45, 7) is 17.7. The van der Waals surface area contributed by atoms with Gasteiger partial charge in [0.2, 0.25) is 0 Å². The average molecular weight is 1240 g/mol. The summed E-state index contributed by atoms with van der Waals surface area (Å²) in [5.41, 5.74) is 8.06. The highest BCUT2D eigenvalue weighted by molar-refractivity contribution is 6.34. The van der Waals surface area contributed by atoms with Crippen LogP contribution in [0.2, 0.25) is 5.15 Å². The second-order valence-electron chi connectivity index (χ2n) is 24.4. The number of nitrogens with zero attached hydrogens (tertiary/aromatic N) is 6. The summed E-state index contributed by atoms with van der Waals surface area (Å²) < 4.78 is 21.3. The summed E-state index contributed by atoms with van der Waals surface area (Å²) >= 11 is 5.85. The van der Waals surface area contributed by atoms with Gasteiger partial charge in [0.25, 0.3) is 0 Å². The van der Waals surface area contributed by atoms with Gasteiger partial charge in [0.05, 0.1) is 12.1 Å². The smallest absolute Gasteiger partial charge is 0.411 e. The molecule has 89 heavy (non-hydrogen) atoms. The molecule has 0 saturated carbocycles. The second kappa shape index (κ2) is 30.1. The van der Waals surface area contributed by atoms with Crippen LogP contribution < -0.4 is 16.4 Å². The van der Waals surface area contributed by atoms with Crippen molar-refractivity contribution in [3.05, 3.63) is 138 Å². The molecular formula is C65H78ClN9O14. The number of hydrogen-bond donors (Lipinski definition) is 6. The number of rotatable bonds is 8. The molecule has 3 aliphatic heterocycles. The number of aliphatic carboxylic acids is 3. The monoisotopic (exact) mass is 1240 g/mol. The highest BCUT2D eigenvalue weighted by Crippen LogP contribution is 2.44. The Bertz CT molecular complexity index is 3490. The Hall–Kier alpha value is -9.27. The Kier molecular flexibility index (Phi) is 23.3. The van der Waals surface area contributed by atoms with Crippen LogP contribution in [0.1, 0.15) is 106 Å². The maximum absolute atomic E-state index is 12.5. The zero-order valence-corrected chi connectivity index (χ0v) is 52.3. The predicted molar refractivity (Wildman–Crippen MR) is 334 cm³/mol. The molecular weight excluding hydrogens is 1170 g/mol. The van der Waals surface area contributed by atoms with Gasteiger partial charge in [0.15, 0.2) is 0 Å². The number of carboxylic acids is 3. The molecule has 0 bridgehead atoms. The predicted octanol–water partition coefficient (Wildman–Crippen LogP) is 10.9. The van der Waals surface area contributed by atoms with Crippen molar-refractivity contribution in [1.82, 2.24) is 30.0 Å². The van der Waals surface area contributed by atoms with Gasteiger partial charge in [0.1, 0.15) is 52.5 Å². The molecule has 10 rings (SSSR count). The van der Waals surface area contributed by atoms with E-state index < -0.39 is 83.3 Å². The van der Waals surface area contributed by atoms with E-state index in [1.165, 1.54) is 16.7 Å². The van der Waals surface area contributed by atoms with E-state index in [1.54, 1.807) is 80.8 Å². The molecule has 23 nitrogen and oxygen atoms in total. The minimum Gasteiger partial charge on any atom is -0.480 e. The van der Waals surface area contributed by atoms with Crippen LogP contribution in [0.4, 0.5) is 25.0 Å². The molecule has 4 aliphatic rings. The molecule has 3 saturated heterocycles. The number of nitriles is 1. The van der Waals surface area contributed by atoms with Crippen LogP contribution in [0.3, 0.4) is 0 Å². The summed E-state index contributed by atoms with van der Waals surface area (Å²) in [7, 11) is 0. The maximum Gasteiger partial charge on any atom is 0.411 e. The van der Waals surface area contributed by atoms with Gasteiger partial charge in [-0.3, -0.25) is 14.7 Å². The third kappa shape index (κ3) is 19.4. The van der Waals surface area contributed by atoms with Crippen LogP contribution in [0.5, 0.6) is 0 Å². The average Bonchev–Trinajstić information content (AvgIpc) is 1.66. The number of nitrogens with two attached hydrogens (primary N) is 1. The Morgan fingerprint density at radius 2 is 0.978 bits per heavy atom. The first-order valence-corrected chi connectivity index (χ1v) is 29.2. The van der Waals surface area contributed by atoms with Crippen LogP contribution in [-0.4, -0.2) is 162 Å². The Balaban J connectivity index is 0.000000199. The first kappa shape index (κ1) is 68.8. The molecule has 2 aromatic heterocycles. The van der Waals surface area contributed by atoms with E-state index in [0.29, 0.717) is 17.4 Å². The fraction of sp³-hybridized carbons (Fsp3) is 0.415. The highest BCUT2D eigenvalue weighted by Gasteiger charge is 2.44. The van der Waals surface area contributed by atoms with E-state index in [0.717, 1.165) is 48.7 Å². The molecule has 24 heteroatoms. The van der Waals surface area contributed by atoms with E-state index >= 15 is 0 Å². The summed E-state index contributed by atoms with van der Waals surface area (Å²) in [5.74, 6) is -2.61. The van der Waals surface area contributed by atoms with Crippen molar-refractivity contribution in [3.63, 3.8) is 0 Å². The number of benzene rings is 4. The van der Waals surface area contributed by atoms with Crippen molar-refractivity contribution in [2.75, 3.05) is 31.6 Å². The van der Waals surface area contributed by atoms with E-state index in [9.17, 15) is 43.8 Å². The molecule has 7 N–H and O–H groups in total. The van der Waals surface area contributed by atoms with Crippen molar-refractivity contribution in [1.29, 1.82) is 5.26 Å². The van der Waals surface area contributed by atoms with Crippen molar-refractivity contribution >= 4 is 81.2 Å². The molecule has 0 unspecified atom stereocenters. The lowest BCUT2D eigenvalue weighted by molar-refractivity contribution is -0.142. The number of hydrogen-bond acceptors (Lipinski definition) is 16. The van der Waals surface area contributed by atoms with E-state index in [1.807, 2.05) is 97.1 Å². The first-order valence-electron chi connectivity index (χ1n) is 28.8. The molecule has 6 aromatic rings. The van der Waals surface area contributed by atoms with Crippen molar-refractivity contribution in [2.45, 2.75) is 147 Å². The normalized spacial score (nSPS) is 19.1. The molecule has 3 fully saturated rings. The standard InChI is InChI=1S/C25H28N2O6.C19H23N3O4.C10H18N2O4.C9H6ClN.C2H3N/c1-25(2,3)33-24(31)27-13-15(12-21(27)22(28)29)26-23(30)32-14-20-18-10-6-4-8-16(18)17-9-5-7-11-19(17)20;1-19(2,3)26-18(25)22-11-13(10-15(22)17(23)24)21-16-14-7-5-4-6-12(14)8-9-20-16;1-10(2,3)16-9(15)12-5-6(11)4-7(12)8(13)14;10-9-8-4-2-1-3-7(8)5-6-11-9;1-2-3/h4-11,15,20-21H,12-14H2,1-3H3,(H,26,30)(H,28,29);4-9,13,15H,10-11H2,1-3H3,(H,20,21)(H,23,24);6-7H,4-5,11H2,1-3H3,(H,13,14);1-6H;1H3/t15-,21+;13-,15+;6-,7+;;/m111../s1. The minimum absolute atomic E-state index is 0.0378. The number of aromatic nitrogens is 2. The second-order valence-corrected chi connectivity index (χ2v) is 24.7. The molecule has 4 amide bonds. The summed E-state index contributed by atoms with van der Waals surface area (Å²) in [6, 6.07) is 33.5. The van der Waals surface area contributed by atoms with Crippen molar-refractivity contribution in [2.24, 2.45) is 5.73 Å². The largest absolute Gasteiger partial charge is 0.480 e. The van der Waals surface area contributed by atoms with Gasteiger partial charge in [-0.15, -0.1) is 0 Å². The number of carboxylic acid groups (broad SMARTS) is 3. The number of carbonyl (C=O) groups excluding carboxylic acids is 4. The lowest BCUT2D eigenvalue weighted by Crippen LogP contribution is -2.44. The summed E-state index contributed by atoms with van der Waals surface area (Å²) in [5, 5.41) is 46.0. The number of fused-ring (bicyclic) bond motifs is 5. The zero-order chi connectivity index (χ0) is 65.5. The van der Waals surface area contributed by atoms with Crippen LogP contribution in [0.25, 0.3) is 32.7 Å². The van der Waals surface area contributed by atoms with Crippen LogP contribution in [0.15, 0.2) is 122 Å². The fourth-order valence-electron chi connectivity index (χ4n) is 10.3. The molecule has 5 heterocycles. The third-order valence-electron chi connectivity index (χ3n) is 14.0. The van der Waals surface area contributed by atoms with Crippen LogP contribution in [0, 0.1) is 11.3 Å². The number of anilines is 1. The maximum atomic E-state index is 12.5. The van der Waals surface area contributed by atoms with Gasteiger partial charge in [-0.05, 0) is 114 Å². The number of halogens is 1. The van der Waals surface area contributed by atoms with Gasteiger partial charge in [-0.2, -0.15) is 5.26 Å². The Morgan fingerprint density at radius 1 is 0.584 bits per heavy atom. The third-order valence-corrected chi connectivity index (χ3v) is 14.3. The summed E-state index contributed by atoms with van der Waals surface area (Å²) in [6.07, 6.45) is 1.48. The molecule has 6 atom stereocenters. The lowest BCUT2D eigenvalue weighted by Gasteiger charge is -2.26. The van der Waals surface area contributed by atoms with E-state index in [2.05, 4.69) is 32.7 Å². The first-order chi connectivity index (χ1) is 41.9. The van der Waals surface area contributed by atoms with E-state index in [-0.39, 0.29) is 57.1 Å². The number of carbonyl (C=O) groups is 7. The molecule has 0 spiro atoms. The SMILES string of the molecule is CC#N.CC(C)(C)OC(=O)N1C[C@H](N)C[C@H]1C(=O)O.CC(C)(C)OC(=O)N1C[C@H](NC(=O)OCC2c3ccccc3-c3ccccc32)C[C@H]1C(=O)O.CC(C)(C)OC(=O)N1C[C@H](Nc2nccc3ccccc23)C[C@H]1C(=O)O.Clc1nccc2ccccc12. The molecule has 474 valence electrons. The molecule has 4 aromatic carbocycles. The Morgan fingerprint density at radius 3 is 1.45 bits per heavy atom. The van der Waals surface area contributed by atoms with Gasteiger partial charge in [-0.25, -0.2) is 43.5 Å². The molecule has 0 radical (unpaired) electrons. The van der Waals surface area contributed by atoms with E-state index in [4.69, 9.17) is 46.7 Å². The van der Waals surface area contributed by atoms with Crippen molar-refractivity contribution < 1.29 is 67.8 Å². The number of nitrogens with one attached hydrogen (secondary N) is 2. The lowest BCUT2D eigenvalue weighted by atomic mass is 9.98. The van der Waals surface area contributed by atoms with Gasteiger partial charge >= 0.3 is 42.3 Å². The van der Waals surface area contributed by atoms with Crippen LogP contribution >= 0.6 is 11.6 Å². The summed E-state index contributed by atoms with van der Waals surface area (Å²) in [4.78, 5) is 95.2. The number of amides is 4. The number of alkyl carbamates (subject to hydrolysis) is 1. The number of ether oxygens (including phenoxy) is 4. The van der Waals surface area contributed by atoms with Gasteiger partial charge < -0.3 is 50.6 Å².